The summed E-state index contributed by atoms with van der Waals surface area (Å²) < 4.78 is 4.82. The van der Waals surface area contributed by atoms with Gasteiger partial charge in [-0.1, -0.05) is 11.6 Å². The van der Waals surface area contributed by atoms with Crippen LogP contribution in [0.1, 0.15) is 17.4 Å². The zero-order chi connectivity index (χ0) is 12.4. The number of hydrogen-bond donors (Lipinski definition) is 1. The predicted molar refractivity (Wildman–Crippen MR) is 65.5 cm³/mol. The van der Waals surface area contributed by atoms with Gasteiger partial charge in [0.25, 0.3) is 0 Å². The van der Waals surface area contributed by atoms with Crippen molar-refractivity contribution in [2.24, 2.45) is 0 Å². The highest BCUT2D eigenvalue weighted by atomic mass is 35.5. The van der Waals surface area contributed by atoms with Crippen LogP contribution >= 0.6 is 11.6 Å². The summed E-state index contributed by atoms with van der Waals surface area (Å²) >= 11 is 5.80. The zero-order valence-corrected chi connectivity index (χ0v) is 9.88. The van der Waals surface area contributed by atoms with Crippen molar-refractivity contribution in [1.29, 1.82) is 0 Å². The number of carbonyl (C=O) groups excluding carboxylic acids is 1. The molecule has 0 spiro atoms. The number of nitrogens with one attached hydrogen (secondary N) is 1. The number of benzene rings is 1. The SMILES string of the molecule is CCOC(=O)c1cc(=O)c2cc(Cl)ccc2[nH]1. The lowest BCUT2D eigenvalue weighted by Crippen LogP contribution is -2.12. The van der Waals surface area contributed by atoms with Gasteiger partial charge in [-0.05, 0) is 25.1 Å². The molecule has 2 rings (SSSR count). The summed E-state index contributed by atoms with van der Waals surface area (Å²) in [5, 5.41) is 0.928. The van der Waals surface area contributed by atoms with Crippen LogP contribution in [0.15, 0.2) is 29.1 Å². The van der Waals surface area contributed by atoms with Gasteiger partial charge in [-0.25, -0.2) is 4.79 Å². The molecule has 1 heterocycles. The molecule has 1 aromatic carbocycles. The van der Waals surface area contributed by atoms with E-state index in [1.807, 2.05) is 0 Å². The van der Waals surface area contributed by atoms with Crippen LogP contribution in [0.5, 0.6) is 0 Å². The molecule has 0 saturated heterocycles. The topological polar surface area (TPSA) is 59.2 Å². The molecular formula is C12H10ClNO3. The van der Waals surface area contributed by atoms with Crippen molar-refractivity contribution < 1.29 is 9.53 Å². The second-order valence-corrected chi connectivity index (χ2v) is 3.89. The number of halogens is 1. The lowest BCUT2D eigenvalue weighted by atomic mass is 10.2. The standard InChI is InChI=1S/C12H10ClNO3/c1-2-17-12(16)10-6-11(15)8-5-7(13)3-4-9(8)14-10/h3-6H,2H2,1H3,(H,14,15). The normalized spacial score (nSPS) is 10.5. The van der Waals surface area contributed by atoms with E-state index in [0.717, 1.165) is 0 Å². The fraction of sp³-hybridized carbons (Fsp3) is 0.167. The first-order valence-electron chi connectivity index (χ1n) is 5.11. The van der Waals surface area contributed by atoms with Gasteiger partial charge in [0.1, 0.15) is 5.69 Å². The summed E-state index contributed by atoms with van der Waals surface area (Å²) in [6.45, 7) is 1.97. The minimum atomic E-state index is -0.540. The smallest absolute Gasteiger partial charge is 0.354 e. The Hall–Kier alpha value is -1.81. The number of hydrogen-bond acceptors (Lipinski definition) is 3. The quantitative estimate of drug-likeness (QED) is 0.834. The number of esters is 1. The number of pyridine rings is 1. The third-order valence-electron chi connectivity index (χ3n) is 2.29. The summed E-state index contributed by atoms with van der Waals surface area (Å²) in [6, 6.07) is 6.08. The van der Waals surface area contributed by atoms with E-state index in [1.54, 1.807) is 25.1 Å². The van der Waals surface area contributed by atoms with Crippen LogP contribution in [-0.2, 0) is 4.74 Å². The first-order chi connectivity index (χ1) is 8.11. The summed E-state index contributed by atoms with van der Waals surface area (Å²) in [5.41, 5.74) is 0.445. The molecule has 88 valence electrons. The van der Waals surface area contributed by atoms with Gasteiger partial charge in [0, 0.05) is 22.0 Å². The maximum Gasteiger partial charge on any atom is 0.354 e. The van der Waals surface area contributed by atoms with Crippen molar-refractivity contribution in [1.82, 2.24) is 4.98 Å². The Kier molecular flexibility index (Phi) is 3.15. The molecule has 0 amide bonds. The molecule has 0 aliphatic carbocycles. The fourth-order valence-corrected chi connectivity index (χ4v) is 1.71. The number of ether oxygens (including phenoxy) is 1. The van der Waals surface area contributed by atoms with Crippen LogP contribution < -0.4 is 5.43 Å². The van der Waals surface area contributed by atoms with Crippen LogP contribution in [-0.4, -0.2) is 17.6 Å². The third kappa shape index (κ3) is 2.31. The van der Waals surface area contributed by atoms with Crippen molar-refractivity contribution in [2.45, 2.75) is 6.92 Å². The van der Waals surface area contributed by atoms with Crippen LogP contribution in [0.4, 0.5) is 0 Å². The van der Waals surface area contributed by atoms with Gasteiger partial charge in [0.15, 0.2) is 5.43 Å². The molecule has 0 aliphatic heterocycles. The van der Waals surface area contributed by atoms with E-state index in [2.05, 4.69) is 4.98 Å². The van der Waals surface area contributed by atoms with Crippen LogP contribution in [0.25, 0.3) is 10.9 Å². The number of fused-ring (bicyclic) bond motifs is 1. The lowest BCUT2D eigenvalue weighted by Gasteiger charge is -2.04. The van der Waals surface area contributed by atoms with Crippen LogP contribution in [0.3, 0.4) is 0 Å². The number of rotatable bonds is 2. The van der Waals surface area contributed by atoms with Gasteiger partial charge < -0.3 is 9.72 Å². The highest BCUT2D eigenvalue weighted by molar-refractivity contribution is 6.31. The van der Waals surface area contributed by atoms with Gasteiger partial charge in [0.05, 0.1) is 6.61 Å². The molecule has 4 nitrogen and oxygen atoms in total. The Balaban J connectivity index is 2.60. The molecule has 1 aromatic heterocycles. The first-order valence-corrected chi connectivity index (χ1v) is 5.49. The molecule has 0 saturated carbocycles. The molecule has 0 radical (unpaired) electrons. The first kappa shape index (κ1) is 11.7. The number of carbonyl (C=O) groups is 1. The number of aromatic amines is 1. The molecule has 5 heteroatoms. The van der Waals surface area contributed by atoms with E-state index in [0.29, 0.717) is 15.9 Å². The molecule has 2 aromatic rings. The third-order valence-corrected chi connectivity index (χ3v) is 2.52. The van der Waals surface area contributed by atoms with Crippen LogP contribution in [0, 0.1) is 0 Å². The van der Waals surface area contributed by atoms with Gasteiger partial charge in [-0.3, -0.25) is 4.79 Å². The maximum atomic E-state index is 11.8. The molecule has 0 bridgehead atoms. The van der Waals surface area contributed by atoms with E-state index in [1.165, 1.54) is 6.07 Å². The predicted octanol–water partition coefficient (Wildman–Crippen LogP) is 2.36. The maximum absolute atomic E-state index is 11.8. The van der Waals surface area contributed by atoms with Gasteiger partial charge in [0.2, 0.25) is 0 Å². The van der Waals surface area contributed by atoms with Crippen molar-refractivity contribution in [3.05, 3.63) is 45.2 Å². The van der Waals surface area contributed by atoms with Crippen molar-refractivity contribution in [3.63, 3.8) is 0 Å². The van der Waals surface area contributed by atoms with Gasteiger partial charge in [-0.15, -0.1) is 0 Å². The molecule has 0 unspecified atom stereocenters. The number of H-pyrrole nitrogens is 1. The van der Waals surface area contributed by atoms with Gasteiger partial charge in [-0.2, -0.15) is 0 Å². The molecule has 17 heavy (non-hydrogen) atoms. The Labute approximate surface area is 102 Å². The Morgan fingerprint density at radius 2 is 2.18 bits per heavy atom. The Morgan fingerprint density at radius 1 is 1.41 bits per heavy atom. The molecule has 1 N–H and O–H groups in total. The molecular weight excluding hydrogens is 242 g/mol. The second-order valence-electron chi connectivity index (χ2n) is 3.46. The van der Waals surface area contributed by atoms with Gasteiger partial charge >= 0.3 is 5.97 Å². The highest BCUT2D eigenvalue weighted by Gasteiger charge is 2.10. The van der Waals surface area contributed by atoms with E-state index in [-0.39, 0.29) is 17.7 Å². The van der Waals surface area contributed by atoms with Crippen molar-refractivity contribution >= 4 is 28.5 Å². The fourth-order valence-electron chi connectivity index (χ4n) is 1.54. The summed E-state index contributed by atoms with van der Waals surface area (Å²) in [4.78, 5) is 26.1. The van der Waals surface area contributed by atoms with E-state index in [4.69, 9.17) is 16.3 Å². The minimum absolute atomic E-state index is 0.145. The van der Waals surface area contributed by atoms with E-state index < -0.39 is 5.97 Å². The van der Waals surface area contributed by atoms with E-state index in [9.17, 15) is 9.59 Å². The summed E-state index contributed by atoms with van der Waals surface area (Å²) in [5.74, 6) is -0.540. The Bertz CT molecular complexity index is 633. The minimum Gasteiger partial charge on any atom is -0.461 e. The monoisotopic (exact) mass is 251 g/mol. The van der Waals surface area contributed by atoms with Crippen LogP contribution in [0.2, 0.25) is 5.02 Å². The average Bonchev–Trinajstić information content (AvgIpc) is 2.30. The lowest BCUT2D eigenvalue weighted by molar-refractivity contribution is 0.0520. The Morgan fingerprint density at radius 3 is 2.88 bits per heavy atom. The largest absolute Gasteiger partial charge is 0.461 e. The summed E-state index contributed by atoms with van der Waals surface area (Å²) in [7, 11) is 0. The van der Waals surface area contributed by atoms with E-state index >= 15 is 0 Å². The molecule has 0 aliphatic rings. The summed E-state index contributed by atoms with van der Waals surface area (Å²) in [6.07, 6.45) is 0. The molecule has 0 atom stereocenters. The highest BCUT2D eigenvalue weighted by Crippen LogP contribution is 2.15. The zero-order valence-electron chi connectivity index (χ0n) is 9.12. The van der Waals surface area contributed by atoms with Crippen molar-refractivity contribution in [3.8, 4) is 0 Å². The average molecular weight is 252 g/mol. The number of aromatic nitrogens is 1. The van der Waals surface area contributed by atoms with Crippen molar-refractivity contribution in [2.75, 3.05) is 6.61 Å². The second kappa shape index (κ2) is 4.59. The molecule has 0 fully saturated rings.